The van der Waals surface area contributed by atoms with E-state index in [0.717, 1.165) is 11.8 Å². The molecule has 5 heteroatoms. The van der Waals surface area contributed by atoms with Gasteiger partial charge in [0.25, 0.3) is 5.91 Å². The second kappa shape index (κ2) is 5.86. The van der Waals surface area contributed by atoms with E-state index in [-0.39, 0.29) is 5.91 Å². The predicted molar refractivity (Wildman–Crippen MR) is 91.3 cm³/mol. The number of amides is 1. The first-order valence-corrected chi connectivity index (χ1v) is 9.14. The summed E-state index contributed by atoms with van der Waals surface area (Å²) in [6.07, 6.45) is 6.53. The van der Waals surface area contributed by atoms with E-state index in [1.807, 2.05) is 0 Å². The quantitative estimate of drug-likeness (QED) is 0.864. The van der Waals surface area contributed by atoms with Gasteiger partial charge in [-0.1, -0.05) is 23.2 Å². The Bertz CT molecular complexity index is 595. The van der Waals surface area contributed by atoms with Crippen molar-refractivity contribution in [2.75, 3.05) is 7.11 Å². The summed E-state index contributed by atoms with van der Waals surface area (Å²) in [6.45, 7) is 0. The van der Waals surface area contributed by atoms with Crippen molar-refractivity contribution in [3.63, 3.8) is 0 Å². The summed E-state index contributed by atoms with van der Waals surface area (Å²) >= 11 is 12.3. The fourth-order valence-corrected chi connectivity index (χ4v) is 5.92. The summed E-state index contributed by atoms with van der Waals surface area (Å²) in [6, 6.07) is 3.59. The molecular formula is C18H21Cl2NO2. The van der Waals surface area contributed by atoms with Crippen molar-refractivity contribution in [2.45, 2.75) is 38.1 Å². The number of methoxy groups -OCH3 is 1. The van der Waals surface area contributed by atoms with Crippen molar-refractivity contribution in [3.8, 4) is 5.75 Å². The molecule has 1 N–H and O–H groups in total. The molecule has 5 rings (SSSR count). The van der Waals surface area contributed by atoms with Gasteiger partial charge in [0.05, 0.1) is 17.2 Å². The first-order chi connectivity index (χ1) is 11.0. The third-order valence-electron chi connectivity index (χ3n) is 5.99. The zero-order valence-electron chi connectivity index (χ0n) is 13.1. The zero-order chi connectivity index (χ0) is 16.1. The highest BCUT2D eigenvalue weighted by atomic mass is 35.5. The Balaban J connectivity index is 1.52. The third-order valence-corrected chi connectivity index (χ3v) is 6.55. The number of hydrogen-bond acceptors (Lipinski definition) is 2. The molecule has 0 aromatic heterocycles. The van der Waals surface area contributed by atoms with Crippen molar-refractivity contribution in [1.29, 1.82) is 0 Å². The molecule has 4 aliphatic rings. The van der Waals surface area contributed by atoms with E-state index in [1.54, 1.807) is 12.1 Å². The fraction of sp³-hybridized carbons (Fsp3) is 0.611. The van der Waals surface area contributed by atoms with Crippen LogP contribution in [0.3, 0.4) is 0 Å². The molecule has 0 saturated heterocycles. The molecule has 0 spiro atoms. The molecule has 4 saturated carbocycles. The van der Waals surface area contributed by atoms with E-state index >= 15 is 0 Å². The number of halogens is 2. The van der Waals surface area contributed by atoms with Gasteiger partial charge < -0.3 is 10.1 Å². The number of nitrogens with one attached hydrogen (secondary N) is 1. The number of hydrogen-bond donors (Lipinski definition) is 1. The van der Waals surface area contributed by atoms with E-state index in [2.05, 4.69) is 5.32 Å². The molecule has 1 aromatic carbocycles. The molecule has 3 nitrogen and oxygen atoms in total. The highest BCUT2D eigenvalue weighted by Crippen LogP contribution is 2.53. The maximum atomic E-state index is 12.7. The average molecular weight is 354 g/mol. The van der Waals surface area contributed by atoms with Gasteiger partial charge in [-0.15, -0.1) is 0 Å². The minimum Gasteiger partial charge on any atom is -0.494 e. The first kappa shape index (κ1) is 15.6. The maximum absolute atomic E-state index is 12.7. The summed E-state index contributed by atoms with van der Waals surface area (Å²) in [5.41, 5.74) is 0.509. The SMILES string of the molecule is COc1c(Cl)cc(C(=O)NC2C3CC4CC(C3)CC2C4)cc1Cl. The van der Waals surface area contributed by atoms with Crippen LogP contribution < -0.4 is 10.1 Å². The van der Waals surface area contributed by atoms with Crippen LogP contribution in [-0.4, -0.2) is 19.1 Å². The molecule has 0 heterocycles. The summed E-state index contributed by atoms with van der Waals surface area (Å²) < 4.78 is 5.14. The van der Waals surface area contributed by atoms with Gasteiger partial charge in [0.15, 0.2) is 5.75 Å². The average Bonchev–Trinajstić information content (AvgIpc) is 2.49. The van der Waals surface area contributed by atoms with Crippen molar-refractivity contribution in [3.05, 3.63) is 27.7 Å². The number of rotatable bonds is 3. The van der Waals surface area contributed by atoms with Crippen LogP contribution >= 0.6 is 23.2 Å². The monoisotopic (exact) mass is 353 g/mol. The Kier molecular flexibility index (Phi) is 3.97. The summed E-state index contributed by atoms with van der Waals surface area (Å²) in [5.74, 6) is 3.44. The maximum Gasteiger partial charge on any atom is 0.251 e. The van der Waals surface area contributed by atoms with Crippen LogP contribution in [0.5, 0.6) is 5.75 Å². The van der Waals surface area contributed by atoms with Gasteiger partial charge in [-0.2, -0.15) is 0 Å². The van der Waals surface area contributed by atoms with Gasteiger partial charge >= 0.3 is 0 Å². The van der Waals surface area contributed by atoms with E-state index < -0.39 is 0 Å². The van der Waals surface area contributed by atoms with Crippen LogP contribution in [0.2, 0.25) is 10.0 Å². The van der Waals surface area contributed by atoms with Crippen LogP contribution in [0.4, 0.5) is 0 Å². The fourth-order valence-electron chi connectivity index (χ4n) is 5.28. The number of carbonyl (C=O) groups is 1. The lowest BCUT2D eigenvalue weighted by Crippen LogP contribution is -2.55. The summed E-state index contributed by atoms with van der Waals surface area (Å²) in [4.78, 5) is 12.7. The molecule has 0 radical (unpaired) electrons. The standard InChI is InChI=1S/C18H21Cl2NO2/c1-23-17-14(19)7-13(8-15(17)20)18(22)21-16-11-3-9-2-10(5-11)6-12(16)4-9/h7-12,16H,2-6H2,1H3,(H,21,22). The number of carbonyl (C=O) groups excluding carboxylic acids is 1. The highest BCUT2D eigenvalue weighted by molar-refractivity contribution is 6.37. The summed E-state index contributed by atoms with van der Waals surface area (Å²) in [7, 11) is 1.52. The Morgan fingerprint density at radius 3 is 2.04 bits per heavy atom. The van der Waals surface area contributed by atoms with Crippen molar-refractivity contribution >= 4 is 29.1 Å². The Morgan fingerprint density at radius 2 is 1.57 bits per heavy atom. The predicted octanol–water partition coefficient (Wildman–Crippen LogP) is 4.56. The molecule has 124 valence electrons. The number of benzene rings is 1. The molecule has 4 aliphatic carbocycles. The van der Waals surface area contributed by atoms with Crippen molar-refractivity contribution in [1.82, 2.24) is 5.32 Å². The third kappa shape index (κ3) is 2.72. The molecule has 1 aromatic rings. The highest BCUT2D eigenvalue weighted by Gasteiger charge is 2.48. The van der Waals surface area contributed by atoms with Crippen LogP contribution in [0.25, 0.3) is 0 Å². The van der Waals surface area contributed by atoms with Crippen LogP contribution in [0.15, 0.2) is 12.1 Å². The lowest BCUT2D eigenvalue weighted by molar-refractivity contribution is -0.0119. The molecule has 0 unspecified atom stereocenters. The topological polar surface area (TPSA) is 38.3 Å². The minimum atomic E-state index is -0.0751. The lowest BCUT2D eigenvalue weighted by Gasteiger charge is -2.54. The second-order valence-electron chi connectivity index (χ2n) is 7.40. The van der Waals surface area contributed by atoms with E-state index in [4.69, 9.17) is 27.9 Å². The largest absolute Gasteiger partial charge is 0.494 e. The Morgan fingerprint density at radius 1 is 1.04 bits per heavy atom. The second-order valence-corrected chi connectivity index (χ2v) is 8.22. The smallest absolute Gasteiger partial charge is 0.251 e. The van der Waals surface area contributed by atoms with Gasteiger partial charge in [0, 0.05) is 11.6 Å². The number of ether oxygens (including phenoxy) is 1. The van der Waals surface area contributed by atoms with Gasteiger partial charge in [0.1, 0.15) is 0 Å². The van der Waals surface area contributed by atoms with Gasteiger partial charge in [-0.25, -0.2) is 0 Å². The van der Waals surface area contributed by atoms with E-state index in [9.17, 15) is 4.79 Å². The molecular weight excluding hydrogens is 333 g/mol. The molecule has 0 aliphatic heterocycles. The van der Waals surface area contributed by atoms with Crippen LogP contribution in [0, 0.1) is 23.7 Å². The molecule has 0 atom stereocenters. The summed E-state index contributed by atoms with van der Waals surface area (Å²) in [5, 5.41) is 4.01. The van der Waals surface area contributed by atoms with Crippen LogP contribution in [-0.2, 0) is 0 Å². The molecule has 4 fully saturated rings. The molecule has 1 amide bonds. The molecule has 4 bridgehead atoms. The van der Waals surface area contributed by atoms with E-state index in [0.29, 0.717) is 39.2 Å². The lowest BCUT2D eigenvalue weighted by atomic mass is 9.54. The van der Waals surface area contributed by atoms with Gasteiger partial charge in [-0.05, 0) is 67.9 Å². The van der Waals surface area contributed by atoms with Crippen molar-refractivity contribution < 1.29 is 9.53 Å². The van der Waals surface area contributed by atoms with Gasteiger partial charge in [-0.3, -0.25) is 4.79 Å². The Labute approximate surface area is 146 Å². The normalized spacial score (nSPS) is 34.5. The first-order valence-electron chi connectivity index (χ1n) is 8.39. The molecule has 23 heavy (non-hydrogen) atoms. The van der Waals surface area contributed by atoms with E-state index in [1.165, 1.54) is 39.2 Å². The zero-order valence-corrected chi connectivity index (χ0v) is 14.7. The van der Waals surface area contributed by atoms with Gasteiger partial charge in [0.2, 0.25) is 0 Å². The van der Waals surface area contributed by atoms with Crippen molar-refractivity contribution in [2.24, 2.45) is 23.7 Å². The Hall–Kier alpha value is -0.930. The minimum absolute atomic E-state index is 0.0751. The van der Waals surface area contributed by atoms with Crippen LogP contribution in [0.1, 0.15) is 42.5 Å².